The molecule has 33 heavy (non-hydrogen) atoms. The number of hydrogen-bond acceptors (Lipinski definition) is 9. The third kappa shape index (κ3) is 5.44. The van der Waals surface area contributed by atoms with Crippen LogP contribution in [0.1, 0.15) is 18.9 Å². The van der Waals surface area contributed by atoms with Gasteiger partial charge >= 0.3 is 5.97 Å². The van der Waals surface area contributed by atoms with E-state index in [1.54, 1.807) is 23.6 Å². The highest BCUT2D eigenvalue weighted by atomic mass is 32.1. The van der Waals surface area contributed by atoms with Gasteiger partial charge in [-0.3, -0.25) is 25.0 Å². The number of carbonyl (C=O) groups excluding carboxylic acids is 2. The number of benzene rings is 2. The molecule has 1 unspecified atom stereocenters. The number of nitrogens with zero attached hydrogens (tertiary/aromatic N) is 2. The summed E-state index contributed by atoms with van der Waals surface area (Å²) in [5, 5.41) is 15.5. The smallest absolute Gasteiger partial charge is 0.306 e. The van der Waals surface area contributed by atoms with Crippen LogP contribution in [0.2, 0.25) is 0 Å². The van der Waals surface area contributed by atoms with E-state index in [2.05, 4.69) is 10.3 Å². The van der Waals surface area contributed by atoms with Gasteiger partial charge in [-0.2, -0.15) is 0 Å². The van der Waals surface area contributed by atoms with Crippen LogP contribution in [0.15, 0.2) is 47.8 Å². The maximum Gasteiger partial charge on any atom is 0.306 e. The Hall–Kier alpha value is -3.99. The van der Waals surface area contributed by atoms with Crippen molar-refractivity contribution in [2.45, 2.75) is 25.9 Å². The van der Waals surface area contributed by atoms with Gasteiger partial charge in [0, 0.05) is 29.5 Å². The number of nitro groups is 1. The average Bonchev–Trinajstić information content (AvgIpc) is 3.47. The van der Waals surface area contributed by atoms with Gasteiger partial charge in [0.2, 0.25) is 6.79 Å². The fourth-order valence-corrected chi connectivity index (χ4v) is 3.82. The summed E-state index contributed by atoms with van der Waals surface area (Å²) >= 11 is 1.17. The lowest BCUT2D eigenvalue weighted by Crippen LogP contribution is -2.30. The Morgan fingerprint density at radius 1 is 1.24 bits per heavy atom. The summed E-state index contributed by atoms with van der Waals surface area (Å²) in [5.41, 5.74) is 1.90. The molecule has 1 amide bonds. The first kappa shape index (κ1) is 22.2. The molecule has 1 aliphatic rings. The van der Waals surface area contributed by atoms with E-state index >= 15 is 0 Å². The molecule has 11 heteroatoms. The van der Waals surface area contributed by atoms with Gasteiger partial charge in [-0.25, -0.2) is 4.98 Å². The molecule has 0 saturated heterocycles. The zero-order chi connectivity index (χ0) is 23.4. The minimum absolute atomic E-state index is 0.0487. The van der Waals surface area contributed by atoms with Crippen LogP contribution in [-0.2, 0) is 20.7 Å². The zero-order valence-electron chi connectivity index (χ0n) is 17.5. The molecule has 3 aromatic rings. The number of nitrogens with one attached hydrogen (secondary N) is 1. The molecular weight excluding hydrogens is 450 g/mol. The van der Waals surface area contributed by atoms with Crippen molar-refractivity contribution in [2.24, 2.45) is 0 Å². The molecule has 2 heterocycles. The number of rotatable bonds is 8. The topological polar surface area (TPSA) is 130 Å². The van der Waals surface area contributed by atoms with Gasteiger partial charge in [-0.1, -0.05) is 18.2 Å². The Bertz CT molecular complexity index is 1210. The first-order valence-electron chi connectivity index (χ1n) is 9.98. The SMILES string of the molecule is CC(OC(=O)CCc1ccc2c(c1)OCO2)C(=O)Nc1nc(-c2cccc([N+](=O)[O-])c2)cs1. The molecule has 0 radical (unpaired) electrons. The number of nitro benzene ring substituents is 1. The highest BCUT2D eigenvalue weighted by molar-refractivity contribution is 7.14. The third-order valence-corrected chi connectivity index (χ3v) is 5.58. The number of thiazole rings is 1. The van der Waals surface area contributed by atoms with Gasteiger partial charge in [0.25, 0.3) is 11.6 Å². The van der Waals surface area contributed by atoms with Crippen molar-refractivity contribution in [3.05, 3.63) is 63.5 Å². The highest BCUT2D eigenvalue weighted by Gasteiger charge is 2.20. The van der Waals surface area contributed by atoms with Gasteiger partial charge in [0.1, 0.15) is 0 Å². The van der Waals surface area contributed by atoms with Crippen LogP contribution >= 0.6 is 11.3 Å². The molecular formula is C22H19N3O7S. The molecule has 0 aliphatic carbocycles. The molecule has 10 nitrogen and oxygen atoms in total. The van der Waals surface area contributed by atoms with E-state index in [4.69, 9.17) is 14.2 Å². The predicted molar refractivity (Wildman–Crippen MR) is 119 cm³/mol. The Balaban J connectivity index is 1.28. The Kier molecular flexibility index (Phi) is 6.50. The second kappa shape index (κ2) is 9.65. The average molecular weight is 469 g/mol. The van der Waals surface area contributed by atoms with Gasteiger partial charge in [0.05, 0.1) is 10.6 Å². The molecule has 0 spiro atoms. The normalized spacial score (nSPS) is 12.8. The number of aryl methyl sites for hydroxylation is 1. The first-order valence-corrected chi connectivity index (χ1v) is 10.9. The van der Waals surface area contributed by atoms with Crippen molar-refractivity contribution < 1.29 is 28.7 Å². The van der Waals surface area contributed by atoms with E-state index in [0.29, 0.717) is 34.3 Å². The molecule has 1 aliphatic heterocycles. The number of ether oxygens (including phenoxy) is 3. The zero-order valence-corrected chi connectivity index (χ0v) is 18.3. The number of esters is 1. The first-order chi connectivity index (χ1) is 15.9. The summed E-state index contributed by atoms with van der Waals surface area (Å²) < 4.78 is 15.8. The third-order valence-electron chi connectivity index (χ3n) is 4.82. The van der Waals surface area contributed by atoms with E-state index in [0.717, 1.165) is 5.56 Å². The number of amides is 1. The Morgan fingerprint density at radius 2 is 2.06 bits per heavy atom. The van der Waals surface area contributed by atoms with E-state index in [9.17, 15) is 19.7 Å². The van der Waals surface area contributed by atoms with E-state index < -0.39 is 22.9 Å². The van der Waals surface area contributed by atoms with Crippen molar-refractivity contribution in [3.8, 4) is 22.8 Å². The van der Waals surface area contributed by atoms with Crippen LogP contribution in [-0.4, -0.2) is 34.7 Å². The van der Waals surface area contributed by atoms with Crippen molar-refractivity contribution in [1.82, 2.24) is 4.98 Å². The number of aromatic nitrogens is 1. The maximum absolute atomic E-state index is 12.4. The lowest BCUT2D eigenvalue weighted by atomic mass is 10.1. The molecule has 1 aromatic heterocycles. The van der Waals surface area contributed by atoms with Gasteiger partial charge in [-0.15, -0.1) is 11.3 Å². The minimum Gasteiger partial charge on any atom is -0.454 e. The molecule has 1 atom stereocenters. The monoisotopic (exact) mass is 469 g/mol. The minimum atomic E-state index is -1.01. The molecule has 170 valence electrons. The van der Waals surface area contributed by atoms with Gasteiger partial charge in [-0.05, 0) is 31.0 Å². The second-order valence-electron chi connectivity index (χ2n) is 7.15. The quantitative estimate of drug-likeness (QED) is 0.298. The number of non-ortho nitro benzene ring substituents is 1. The van der Waals surface area contributed by atoms with Crippen LogP contribution in [0.5, 0.6) is 11.5 Å². The standard InChI is InChI=1S/C22H19N3O7S/c1-13(32-20(26)8-6-14-5-7-18-19(9-14)31-12-30-18)21(27)24-22-23-17(11-33-22)15-3-2-4-16(10-15)25(28)29/h2-5,7,9-11,13H,6,8,12H2,1H3,(H,23,24,27). The van der Waals surface area contributed by atoms with Crippen LogP contribution in [0.3, 0.4) is 0 Å². The fraction of sp³-hybridized carbons (Fsp3) is 0.227. The number of fused-ring (bicyclic) bond motifs is 1. The van der Waals surface area contributed by atoms with Crippen molar-refractivity contribution in [3.63, 3.8) is 0 Å². The number of carbonyl (C=O) groups is 2. The Morgan fingerprint density at radius 3 is 2.88 bits per heavy atom. The van der Waals surface area contributed by atoms with Crippen molar-refractivity contribution in [1.29, 1.82) is 0 Å². The van der Waals surface area contributed by atoms with Crippen molar-refractivity contribution >= 4 is 34.0 Å². The largest absolute Gasteiger partial charge is 0.454 e. The predicted octanol–water partition coefficient (Wildman–Crippen LogP) is 3.95. The number of anilines is 1. The summed E-state index contributed by atoms with van der Waals surface area (Å²) in [6.45, 7) is 1.65. The molecule has 2 aromatic carbocycles. The molecule has 1 N–H and O–H groups in total. The molecule has 0 saturated carbocycles. The van der Waals surface area contributed by atoms with Crippen LogP contribution in [0.25, 0.3) is 11.3 Å². The van der Waals surface area contributed by atoms with Crippen LogP contribution < -0.4 is 14.8 Å². The summed E-state index contributed by atoms with van der Waals surface area (Å²) in [5.74, 6) is 0.280. The summed E-state index contributed by atoms with van der Waals surface area (Å²) in [4.78, 5) is 39.3. The second-order valence-corrected chi connectivity index (χ2v) is 8.01. The number of hydrogen-bond donors (Lipinski definition) is 1. The fourth-order valence-electron chi connectivity index (χ4n) is 3.10. The Labute approximate surface area is 192 Å². The lowest BCUT2D eigenvalue weighted by Gasteiger charge is -2.12. The maximum atomic E-state index is 12.4. The van der Waals surface area contributed by atoms with E-state index in [1.807, 2.05) is 12.1 Å². The molecule has 4 rings (SSSR count). The van der Waals surface area contributed by atoms with Gasteiger partial charge < -0.3 is 14.2 Å². The van der Waals surface area contributed by atoms with E-state index in [1.165, 1.54) is 30.4 Å². The highest BCUT2D eigenvalue weighted by Crippen LogP contribution is 2.33. The summed E-state index contributed by atoms with van der Waals surface area (Å²) in [6, 6.07) is 11.5. The van der Waals surface area contributed by atoms with Gasteiger partial charge in [0.15, 0.2) is 22.7 Å². The van der Waals surface area contributed by atoms with Crippen LogP contribution in [0.4, 0.5) is 10.8 Å². The van der Waals surface area contributed by atoms with Crippen molar-refractivity contribution in [2.75, 3.05) is 12.1 Å². The van der Waals surface area contributed by atoms with Crippen LogP contribution in [0, 0.1) is 10.1 Å². The summed E-state index contributed by atoms with van der Waals surface area (Å²) in [6.07, 6.45) is -0.478. The molecule has 0 bridgehead atoms. The molecule has 0 fully saturated rings. The van der Waals surface area contributed by atoms with E-state index in [-0.39, 0.29) is 18.9 Å². The lowest BCUT2D eigenvalue weighted by molar-refractivity contribution is -0.384. The summed E-state index contributed by atoms with van der Waals surface area (Å²) in [7, 11) is 0.